The minimum absolute atomic E-state index is 0.199. The van der Waals surface area contributed by atoms with E-state index in [1.54, 1.807) is 6.07 Å². The third-order valence-corrected chi connectivity index (χ3v) is 4.18. The van der Waals surface area contributed by atoms with Crippen LogP contribution in [-0.4, -0.2) is 6.67 Å². The molecule has 0 saturated heterocycles. The van der Waals surface area contributed by atoms with Crippen molar-refractivity contribution in [3.8, 4) is 0 Å². The first-order valence-corrected chi connectivity index (χ1v) is 8.41. The summed E-state index contributed by atoms with van der Waals surface area (Å²) in [5.74, 6) is 0. The number of para-hydroxylation sites is 1. The topological polar surface area (TPSA) is 50.5 Å². The number of anilines is 2. The molecule has 1 heterocycles. The minimum Gasteiger partial charge on any atom is -0.622 e. The molecule has 1 aliphatic heterocycles. The molecule has 2 aromatic carbocycles. The van der Waals surface area contributed by atoms with Crippen molar-refractivity contribution in [2.75, 3.05) is 12.0 Å². The van der Waals surface area contributed by atoms with Crippen LogP contribution in [0.5, 0.6) is 0 Å². The fourth-order valence-corrected chi connectivity index (χ4v) is 2.90. The van der Waals surface area contributed by atoms with Gasteiger partial charge in [-0.2, -0.15) is 4.74 Å². The van der Waals surface area contributed by atoms with E-state index in [4.69, 9.17) is 0 Å². The fourth-order valence-electron chi connectivity index (χ4n) is 2.90. The molecule has 0 unspecified atom stereocenters. The first-order valence-electron chi connectivity index (χ1n) is 8.41. The molecular weight excluding hydrogens is 286 g/mol. The molecule has 1 N–H and O–H groups in total. The summed E-state index contributed by atoms with van der Waals surface area (Å²) in [6.45, 7) is 0.199. The van der Waals surface area contributed by atoms with Gasteiger partial charge in [0, 0.05) is 17.4 Å². The quantitative estimate of drug-likeness (QED) is 0.683. The summed E-state index contributed by atoms with van der Waals surface area (Å²) in [6, 6.07) is 15.5. The fraction of sp³-hybridized carbons (Fsp3) is 0.368. The normalized spacial score (nSPS) is 15.9. The van der Waals surface area contributed by atoms with Crippen molar-refractivity contribution in [1.82, 2.24) is 4.74 Å². The second kappa shape index (κ2) is 7.77. The molecule has 1 saturated carbocycles. The van der Waals surface area contributed by atoms with Crippen LogP contribution < -0.4 is 20.8 Å². The van der Waals surface area contributed by atoms with Crippen molar-refractivity contribution >= 4 is 11.4 Å². The smallest absolute Gasteiger partial charge is 0.247 e. The second-order valence-electron chi connectivity index (χ2n) is 5.99. The Morgan fingerprint density at radius 1 is 0.826 bits per heavy atom. The van der Waals surface area contributed by atoms with E-state index in [9.17, 15) is 5.21 Å². The summed E-state index contributed by atoms with van der Waals surface area (Å²) in [7, 11) is 0. The lowest BCUT2D eigenvalue weighted by Crippen LogP contribution is -2.30. The van der Waals surface area contributed by atoms with E-state index in [1.807, 2.05) is 42.5 Å². The Hall–Kier alpha value is -2.36. The van der Waals surface area contributed by atoms with Gasteiger partial charge in [-0.3, -0.25) is 0 Å². The highest BCUT2D eigenvalue weighted by atomic mass is 16.5. The Labute approximate surface area is 136 Å². The summed E-state index contributed by atoms with van der Waals surface area (Å²) in [4.78, 5) is 4.16. The van der Waals surface area contributed by atoms with E-state index in [1.165, 1.54) is 38.5 Å². The van der Waals surface area contributed by atoms with Gasteiger partial charge in [-0.15, -0.1) is 0 Å². The maximum absolute atomic E-state index is 11.3. The van der Waals surface area contributed by atoms with Crippen LogP contribution in [0.25, 0.3) is 0 Å². The molecule has 0 atom stereocenters. The third-order valence-electron chi connectivity index (χ3n) is 4.18. The average Bonchev–Trinajstić information content (AvgIpc) is 2.98. The van der Waals surface area contributed by atoms with Crippen LogP contribution in [-0.2, 0) is 0 Å². The number of rotatable bonds is 2. The highest BCUT2D eigenvalue weighted by Crippen LogP contribution is 2.15. The Morgan fingerprint density at radius 3 is 2.13 bits per heavy atom. The molecule has 0 spiro atoms. The monoisotopic (exact) mass is 309 g/mol. The van der Waals surface area contributed by atoms with Crippen molar-refractivity contribution in [3.05, 3.63) is 64.5 Å². The van der Waals surface area contributed by atoms with Crippen LogP contribution in [0.3, 0.4) is 0 Å². The average molecular weight is 309 g/mol. The number of fused-ring (bicyclic) bond motifs is 1. The second-order valence-corrected chi connectivity index (χ2v) is 5.99. The summed E-state index contributed by atoms with van der Waals surface area (Å²) in [5.41, 5.74) is 1.96. The van der Waals surface area contributed by atoms with E-state index in [0.29, 0.717) is 5.36 Å². The van der Waals surface area contributed by atoms with Gasteiger partial charge in [0.1, 0.15) is 5.36 Å². The van der Waals surface area contributed by atoms with E-state index < -0.39 is 0 Å². The molecule has 23 heavy (non-hydrogen) atoms. The predicted octanol–water partition coefficient (Wildman–Crippen LogP) is 3.35. The Balaban J connectivity index is 0.000000220. The van der Waals surface area contributed by atoms with Gasteiger partial charge in [0.05, 0.1) is 0 Å². The maximum atomic E-state index is 11.3. The maximum Gasteiger partial charge on any atom is 0.247 e. The van der Waals surface area contributed by atoms with Gasteiger partial charge in [-0.1, -0.05) is 56.7 Å². The van der Waals surface area contributed by atoms with E-state index in [2.05, 4.69) is 10.3 Å². The number of hydrogen-bond donors (Lipinski definition) is 1. The Kier molecular flexibility index (Phi) is 5.25. The standard InChI is InChI=1S/C13H11N3O.C6H12/c17-16-9-14-12-8-11(6-7-13(12)16)15-10-4-2-1-3-5-10;1-2-4-6-5-3-1/h1-8,15H,9H2;1-6H2. The zero-order valence-corrected chi connectivity index (χ0v) is 13.4. The van der Waals surface area contributed by atoms with Crippen molar-refractivity contribution in [3.63, 3.8) is 0 Å². The predicted molar refractivity (Wildman–Crippen MR) is 94.1 cm³/mol. The van der Waals surface area contributed by atoms with Crippen molar-refractivity contribution in [1.29, 1.82) is 0 Å². The summed E-state index contributed by atoms with van der Waals surface area (Å²) < 4.78 is 0.891. The summed E-state index contributed by atoms with van der Waals surface area (Å²) >= 11 is 0. The first-order chi connectivity index (χ1) is 11.3. The highest BCUT2D eigenvalue weighted by molar-refractivity contribution is 5.58. The third kappa shape index (κ3) is 4.31. The molecule has 4 heteroatoms. The van der Waals surface area contributed by atoms with Gasteiger partial charge in [-0.05, 0) is 24.3 Å². The molecule has 0 radical (unpaired) electrons. The van der Waals surface area contributed by atoms with Gasteiger partial charge in [-0.25, -0.2) is 4.99 Å². The molecule has 1 fully saturated rings. The molecular formula is C19H23N3O. The highest BCUT2D eigenvalue weighted by Gasteiger charge is 2.07. The molecule has 120 valence electrons. The van der Waals surface area contributed by atoms with E-state index in [-0.39, 0.29) is 6.67 Å². The van der Waals surface area contributed by atoms with Crippen molar-refractivity contribution in [2.24, 2.45) is 4.99 Å². The molecule has 4 nitrogen and oxygen atoms in total. The Morgan fingerprint density at radius 2 is 1.48 bits per heavy atom. The summed E-state index contributed by atoms with van der Waals surface area (Å²) in [5, 5.41) is 16.0. The minimum atomic E-state index is 0.199. The molecule has 0 aromatic heterocycles. The van der Waals surface area contributed by atoms with Crippen molar-refractivity contribution < 1.29 is 0 Å². The molecule has 0 amide bonds. The Bertz CT molecular complexity index is 740. The molecule has 1 aliphatic carbocycles. The first kappa shape index (κ1) is 15.5. The molecule has 2 aliphatic rings. The number of hydrogen-bond acceptors (Lipinski definition) is 3. The lowest BCUT2D eigenvalue weighted by atomic mass is 10.0. The van der Waals surface area contributed by atoms with Gasteiger partial charge in [0.25, 0.3) is 0 Å². The van der Waals surface area contributed by atoms with Crippen LogP contribution >= 0.6 is 0 Å². The SMILES string of the molecule is C1CCCCC1.[O-][N+]1=c2ccc(Nc3ccccc3)cc2=NC1. The van der Waals surface area contributed by atoms with Crippen LogP contribution in [0.4, 0.5) is 11.4 Å². The van der Waals surface area contributed by atoms with Crippen LogP contribution in [0, 0.1) is 5.21 Å². The molecule has 0 bridgehead atoms. The van der Waals surface area contributed by atoms with E-state index in [0.717, 1.165) is 21.5 Å². The number of hydroxylamine groups is 1. The van der Waals surface area contributed by atoms with Gasteiger partial charge >= 0.3 is 0 Å². The number of nitrogens with zero attached hydrogens (tertiary/aromatic N) is 2. The van der Waals surface area contributed by atoms with E-state index >= 15 is 0 Å². The van der Waals surface area contributed by atoms with Gasteiger partial charge in [0.2, 0.25) is 12.0 Å². The zero-order chi connectivity index (χ0) is 15.9. The zero-order valence-electron chi connectivity index (χ0n) is 13.4. The summed E-state index contributed by atoms with van der Waals surface area (Å²) in [6.07, 6.45) is 9.00. The van der Waals surface area contributed by atoms with Crippen LogP contribution in [0.1, 0.15) is 38.5 Å². The van der Waals surface area contributed by atoms with Gasteiger partial charge < -0.3 is 10.5 Å². The van der Waals surface area contributed by atoms with Crippen molar-refractivity contribution in [2.45, 2.75) is 38.5 Å². The van der Waals surface area contributed by atoms with Crippen LogP contribution in [0.2, 0.25) is 0 Å². The number of nitrogens with one attached hydrogen (secondary N) is 1. The molecule has 2 aromatic rings. The largest absolute Gasteiger partial charge is 0.622 e. The lowest BCUT2D eigenvalue weighted by molar-refractivity contribution is 0.504. The van der Waals surface area contributed by atoms with Crippen LogP contribution in [0.15, 0.2) is 53.5 Å². The van der Waals surface area contributed by atoms with Gasteiger partial charge in [0.15, 0.2) is 0 Å². The molecule has 4 rings (SSSR count). The lowest BCUT2D eigenvalue weighted by Gasteiger charge is -2.05. The number of benzene rings is 2.